The number of carbonyl (C=O) groups is 2. The Balaban J connectivity index is 1.62. The van der Waals surface area contributed by atoms with Crippen LogP contribution in [0, 0.1) is 11.8 Å². The van der Waals surface area contributed by atoms with E-state index >= 15 is 0 Å². The molecule has 3 rings (SSSR count). The maximum absolute atomic E-state index is 12.7. The molecule has 1 aromatic heterocycles. The first-order valence-electron chi connectivity index (χ1n) is 12.1. The maximum Gasteiger partial charge on any atom is 0.328 e. The number of aromatic nitrogens is 2. The molecule has 0 aliphatic heterocycles. The number of ketones is 1. The molecular weight excluding hydrogens is 450 g/mol. The van der Waals surface area contributed by atoms with Crippen molar-refractivity contribution in [3.8, 4) is 5.75 Å². The van der Waals surface area contributed by atoms with Gasteiger partial charge in [0.2, 0.25) is 0 Å². The Labute approximate surface area is 205 Å². The van der Waals surface area contributed by atoms with Gasteiger partial charge in [-0.15, -0.1) is 0 Å². The lowest BCUT2D eigenvalue weighted by atomic mass is 9.85. The molecule has 1 atom stereocenters. The van der Waals surface area contributed by atoms with Crippen LogP contribution in [-0.4, -0.2) is 33.5 Å². The Bertz CT molecular complexity index is 1040. The predicted octanol–water partition coefficient (Wildman–Crippen LogP) is 4.32. The minimum atomic E-state index is -0.700. The summed E-state index contributed by atoms with van der Waals surface area (Å²) in [5.41, 5.74) is 7.83. The fourth-order valence-corrected chi connectivity index (χ4v) is 4.94. The van der Waals surface area contributed by atoms with Crippen molar-refractivity contribution in [2.24, 2.45) is 17.6 Å². The molecule has 0 saturated heterocycles. The zero-order valence-electron chi connectivity index (χ0n) is 20.3. The van der Waals surface area contributed by atoms with Crippen LogP contribution in [0.5, 0.6) is 5.75 Å². The van der Waals surface area contributed by atoms with Gasteiger partial charge >= 0.3 is 5.97 Å². The van der Waals surface area contributed by atoms with Crippen LogP contribution in [0.3, 0.4) is 0 Å². The van der Waals surface area contributed by atoms with Crippen molar-refractivity contribution in [3.05, 3.63) is 51.4 Å². The highest BCUT2D eigenvalue weighted by Crippen LogP contribution is 2.27. The van der Waals surface area contributed by atoms with Crippen molar-refractivity contribution < 1.29 is 14.3 Å². The van der Waals surface area contributed by atoms with Gasteiger partial charge in [-0.05, 0) is 48.9 Å². The van der Waals surface area contributed by atoms with Gasteiger partial charge < -0.3 is 15.5 Å². The summed E-state index contributed by atoms with van der Waals surface area (Å²) in [5, 5.41) is 0.481. The third-order valence-corrected chi connectivity index (χ3v) is 7.24. The van der Waals surface area contributed by atoms with Gasteiger partial charge in [0.1, 0.15) is 11.8 Å². The van der Waals surface area contributed by atoms with Crippen molar-refractivity contribution in [2.45, 2.75) is 76.9 Å². The standard InChI is InChI=1S/C26H35N3O4S/c1-4-20-21(14-17-8-6-5-7-9-17)28-26(29-24(20)31)34-15-22(30)18-10-12-19(13-11-18)33-25(32)23(27)16(2)3/h10-13,16-17,23H,4-9,14-15,27H2,1-3H3,(H,28,29,31). The number of nitrogens with one attached hydrogen (secondary N) is 1. The minimum Gasteiger partial charge on any atom is -0.425 e. The fraction of sp³-hybridized carbons (Fsp3) is 0.538. The maximum atomic E-state index is 12.7. The lowest BCUT2D eigenvalue weighted by molar-refractivity contribution is -0.136. The summed E-state index contributed by atoms with van der Waals surface area (Å²) in [4.78, 5) is 44.9. The molecule has 0 radical (unpaired) electrons. The largest absolute Gasteiger partial charge is 0.425 e. The van der Waals surface area contributed by atoms with E-state index in [1.165, 1.54) is 43.9 Å². The Kier molecular flexibility index (Phi) is 9.47. The highest BCUT2D eigenvalue weighted by Gasteiger charge is 2.21. The number of H-pyrrole nitrogens is 1. The van der Waals surface area contributed by atoms with Crippen LogP contribution < -0.4 is 16.0 Å². The van der Waals surface area contributed by atoms with Gasteiger partial charge in [0.05, 0.1) is 11.4 Å². The molecule has 1 unspecified atom stereocenters. The molecule has 184 valence electrons. The van der Waals surface area contributed by atoms with Crippen LogP contribution in [0.1, 0.15) is 74.5 Å². The molecule has 0 amide bonds. The van der Waals surface area contributed by atoms with Crippen molar-refractivity contribution in [1.29, 1.82) is 0 Å². The van der Waals surface area contributed by atoms with E-state index in [1.807, 2.05) is 20.8 Å². The van der Waals surface area contributed by atoms with Gasteiger partial charge in [0.25, 0.3) is 5.56 Å². The van der Waals surface area contributed by atoms with Crippen LogP contribution in [0.2, 0.25) is 0 Å². The second kappa shape index (κ2) is 12.3. The highest BCUT2D eigenvalue weighted by atomic mass is 32.2. The molecule has 3 N–H and O–H groups in total. The second-order valence-electron chi connectivity index (χ2n) is 9.29. The number of hydrogen-bond acceptors (Lipinski definition) is 7. The predicted molar refractivity (Wildman–Crippen MR) is 134 cm³/mol. The molecule has 34 heavy (non-hydrogen) atoms. The average molecular weight is 486 g/mol. The first-order valence-corrected chi connectivity index (χ1v) is 13.1. The molecule has 1 fully saturated rings. The van der Waals surface area contributed by atoms with Crippen LogP contribution in [0.25, 0.3) is 0 Å². The van der Waals surface area contributed by atoms with E-state index in [9.17, 15) is 14.4 Å². The second-order valence-corrected chi connectivity index (χ2v) is 10.2. The molecule has 8 heteroatoms. The zero-order chi connectivity index (χ0) is 24.7. The molecule has 0 bridgehead atoms. The molecule has 1 aromatic carbocycles. The third kappa shape index (κ3) is 7.03. The number of nitrogens with two attached hydrogens (primary N) is 1. The van der Waals surface area contributed by atoms with Crippen LogP contribution in [0.4, 0.5) is 0 Å². The Morgan fingerprint density at radius 3 is 2.47 bits per heavy atom. The van der Waals surface area contributed by atoms with E-state index in [1.54, 1.807) is 24.3 Å². The summed E-state index contributed by atoms with van der Waals surface area (Å²) in [5.74, 6) is 0.445. The van der Waals surface area contributed by atoms with Gasteiger partial charge in [-0.25, -0.2) is 9.78 Å². The topological polar surface area (TPSA) is 115 Å². The van der Waals surface area contributed by atoms with E-state index in [0.29, 0.717) is 28.8 Å². The number of Topliss-reactive ketones (excluding diaryl/α,β-unsaturated/α-hetero) is 1. The Hall–Kier alpha value is -2.45. The van der Waals surface area contributed by atoms with E-state index < -0.39 is 12.0 Å². The lowest BCUT2D eigenvalue weighted by Crippen LogP contribution is -2.38. The average Bonchev–Trinajstić information content (AvgIpc) is 2.83. The van der Waals surface area contributed by atoms with Gasteiger partial charge in [-0.3, -0.25) is 9.59 Å². The summed E-state index contributed by atoms with van der Waals surface area (Å²) in [6.07, 6.45) is 7.63. The smallest absolute Gasteiger partial charge is 0.328 e. The van der Waals surface area contributed by atoms with Crippen LogP contribution >= 0.6 is 11.8 Å². The van der Waals surface area contributed by atoms with E-state index in [2.05, 4.69) is 4.98 Å². The molecular formula is C26H35N3O4S. The van der Waals surface area contributed by atoms with Crippen LogP contribution in [-0.2, 0) is 17.6 Å². The normalized spacial score (nSPS) is 15.3. The summed E-state index contributed by atoms with van der Waals surface area (Å²) in [6.45, 7) is 5.68. The van der Waals surface area contributed by atoms with Gasteiger partial charge in [0, 0.05) is 11.1 Å². The molecule has 1 aliphatic carbocycles. The van der Waals surface area contributed by atoms with Crippen molar-refractivity contribution >= 4 is 23.5 Å². The Morgan fingerprint density at radius 1 is 1.18 bits per heavy atom. The number of carbonyl (C=O) groups excluding carboxylic acids is 2. The van der Waals surface area contributed by atoms with E-state index in [0.717, 1.165) is 17.7 Å². The van der Waals surface area contributed by atoms with Gasteiger partial charge in [0.15, 0.2) is 10.9 Å². The number of aromatic amines is 1. The van der Waals surface area contributed by atoms with E-state index in [4.69, 9.17) is 15.5 Å². The summed E-state index contributed by atoms with van der Waals surface area (Å²) < 4.78 is 5.28. The third-order valence-electron chi connectivity index (χ3n) is 6.36. The van der Waals surface area contributed by atoms with Crippen molar-refractivity contribution in [3.63, 3.8) is 0 Å². The molecule has 1 aliphatic rings. The monoisotopic (exact) mass is 485 g/mol. The zero-order valence-corrected chi connectivity index (χ0v) is 21.1. The van der Waals surface area contributed by atoms with Crippen molar-refractivity contribution in [2.75, 3.05) is 5.75 Å². The molecule has 1 saturated carbocycles. The van der Waals surface area contributed by atoms with Crippen molar-refractivity contribution in [1.82, 2.24) is 9.97 Å². The number of hydrogen-bond donors (Lipinski definition) is 2. The molecule has 0 spiro atoms. The Morgan fingerprint density at radius 2 is 1.85 bits per heavy atom. The quantitative estimate of drug-likeness (QED) is 0.169. The summed E-state index contributed by atoms with van der Waals surface area (Å²) >= 11 is 1.24. The SMILES string of the molecule is CCc1c(CC2CCCCC2)nc(SCC(=O)c2ccc(OC(=O)C(N)C(C)C)cc2)[nH]c1=O. The van der Waals surface area contributed by atoms with E-state index in [-0.39, 0.29) is 23.0 Å². The number of ether oxygens (including phenoxy) is 1. The number of nitrogens with zero attached hydrogens (tertiary/aromatic N) is 1. The molecule has 2 aromatic rings. The van der Waals surface area contributed by atoms with Crippen LogP contribution in [0.15, 0.2) is 34.2 Å². The summed E-state index contributed by atoms with van der Waals surface area (Å²) in [7, 11) is 0. The molecule has 1 heterocycles. The minimum absolute atomic E-state index is 0.0278. The fourth-order valence-electron chi connectivity index (χ4n) is 4.17. The summed E-state index contributed by atoms with van der Waals surface area (Å²) in [6, 6.07) is 5.71. The number of rotatable bonds is 10. The lowest BCUT2D eigenvalue weighted by Gasteiger charge is -2.22. The number of thioether (sulfide) groups is 1. The molecule has 7 nitrogen and oxygen atoms in total. The number of benzene rings is 1. The first-order chi connectivity index (χ1) is 16.3. The van der Waals surface area contributed by atoms with Gasteiger partial charge in [-0.2, -0.15) is 0 Å². The number of esters is 1. The highest BCUT2D eigenvalue weighted by molar-refractivity contribution is 7.99. The first kappa shape index (κ1) is 26.2. The van der Waals surface area contributed by atoms with Gasteiger partial charge in [-0.1, -0.05) is 64.6 Å².